The number of aromatic nitrogens is 2. The Hall–Kier alpha value is -3.66. The molecule has 3 heterocycles. The summed E-state index contributed by atoms with van der Waals surface area (Å²) in [6.45, 7) is 10.7. The number of benzene rings is 1. The van der Waals surface area contributed by atoms with Crippen LogP contribution in [0.15, 0.2) is 41.4 Å². The molecule has 1 aliphatic heterocycles. The number of nitrogens with two attached hydrogens (primary N) is 1. The van der Waals surface area contributed by atoms with Crippen LogP contribution >= 0.6 is 0 Å². The molecule has 9 nitrogen and oxygen atoms in total. The van der Waals surface area contributed by atoms with Crippen molar-refractivity contribution in [2.24, 2.45) is 0 Å². The monoisotopic (exact) mass is 509 g/mol. The van der Waals surface area contributed by atoms with Gasteiger partial charge in [-0.1, -0.05) is 23.8 Å². The van der Waals surface area contributed by atoms with E-state index in [-0.39, 0.29) is 22.3 Å². The quantitative estimate of drug-likeness (QED) is 0.506. The summed E-state index contributed by atoms with van der Waals surface area (Å²) in [7, 11) is -4.27. The molecule has 1 fully saturated rings. The summed E-state index contributed by atoms with van der Waals surface area (Å²) in [6.07, 6.45) is 2.09. The van der Waals surface area contributed by atoms with E-state index in [2.05, 4.69) is 21.5 Å². The highest BCUT2D eigenvalue weighted by Gasteiger charge is 2.29. The Morgan fingerprint density at radius 2 is 1.78 bits per heavy atom. The summed E-state index contributed by atoms with van der Waals surface area (Å²) in [5, 5.41) is -0.351. The van der Waals surface area contributed by atoms with Gasteiger partial charge in [-0.25, -0.2) is 9.71 Å². The van der Waals surface area contributed by atoms with E-state index in [1.54, 1.807) is 6.07 Å². The maximum atomic E-state index is 13.3. The predicted octanol–water partition coefficient (Wildman–Crippen LogP) is 4.19. The van der Waals surface area contributed by atoms with Crippen LogP contribution in [0.1, 0.15) is 52.4 Å². The van der Waals surface area contributed by atoms with Crippen molar-refractivity contribution in [2.75, 3.05) is 17.2 Å². The average Bonchev–Trinajstić information content (AvgIpc) is 3.22. The first-order chi connectivity index (χ1) is 17.0. The van der Waals surface area contributed by atoms with Gasteiger partial charge in [-0.05, 0) is 82.3 Å². The first-order valence-corrected chi connectivity index (χ1v) is 13.3. The zero-order valence-corrected chi connectivity index (χ0v) is 21.9. The molecule has 1 amide bonds. The molecule has 4 rings (SSSR count). The van der Waals surface area contributed by atoms with E-state index >= 15 is 0 Å². The number of amides is 1. The molecule has 3 N–H and O–H groups in total. The number of rotatable bonds is 6. The number of nitrogens with one attached hydrogen (secondary N) is 1. The van der Waals surface area contributed by atoms with Crippen molar-refractivity contribution in [2.45, 2.75) is 58.5 Å². The lowest BCUT2D eigenvalue weighted by molar-refractivity contribution is 0.0978. The summed E-state index contributed by atoms with van der Waals surface area (Å²) in [5.74, 6) is 0.494. The molecule has 0 bridgehead atoms. The van der Waals surface area contributed by atoms with Crippen LogP contribution in [-0.2, 0) is 10.0 Å². The zero-order valence-electron chi connectivity index (χ0n) is 21.1. The summed E-state index contributed by atoms with van der Waals surface area (Å²) < 4.78 is 34.1. The second kappa shape index (κ2) is 9.77. The molecule has 1 aromatic carbocycles. The Balaban J connectivity index is 1.78. The number of anilines is 2. The number of carbonyl (C=O) groups excluding carboxylic acids is 1. The molecule has 1 unspecified atom stereocenters. The molecule has 0 saturated carbocycles. The average molecular weight is 510 g/mol. The highest BCUT2D eigenvalue weighted by molar-refractivity contribution is 7.90. The third-order valence-corrected chi connectivity index (χ3v) is 7.50. The molecule has 0 radical (unpaired) electrons. The molecule has 36 heavy (non-hydrogen) atoms. The molecular formula is C26H31N5O4S. The molecule has 1 saturated heterocycles. The SMILES string of the molecule is Cc1cc(C)c(Oc2nc(N3CCCC3C)c(C)cc2C(=O)NS(=O)(=O)c2cccc(N)n2)c(C)c1. The van der Waals surface area contributed by atoms with Gasteiger partial charge < -0.3 is 15.4 Å². The van der Waals surface area contributed by atoms with Crippen molar-refractivity contribution in [3.05, 3.63) is 64.2 Å². The standard InChI is InChI=1S/C26H31N5O4S/c1-15-12-16(2)23(17(3)13-15)35-26-20(14-18(4)24(29-26)31-11-7-8-19(31)5)25(32)30-36(33,34)22-10-6-9-21(27)28-22/h6,9-10,12-14,19H,7-8,11H2,1-5H3,(H2,27,28)(H,30,32). The second-order valence-electron chi connectivity index (χ2n) is 9.33. The van der Waals surface area contributed by atoms with Gasteiger partial charge in [0, 0.05) is 12.6 Å². The van der Waals surface area contributed by atoms with E-state index in [1.807, 2.05) is 39.8 Å². The van der Waals surface area contributed by atoms with E-state index < -0.39 is 15.9 Å². The van der Waals surface area contributed by atoms with Crippen LogP contribution in [-0.4, -0.2) is 36.9 Å². The van der Waals surface area contributed by atoms with Crippen LogP contribution in [0.2, 0.25) is 0 Å². The first-order valence-electron chi connectivity index (χ1n) is 11.8. The van der Waals surface area contributed by atoms with Gasteiger partial charge in [-0.15, -0.1) is 0 Å². The van der Waals surface area contributed by atoms with Gasteiger partial charge in [0.25, 0.3) is 15.9 Å². The number of nitrogens with zero attached hydrogens (tertiary/aromatic N) is 3. The Morgan fingerprint density at radius 1 is 1.08 bits per heavy atom. The molecule has 2 aromatic heterocycles. The normalized spacial score (nSPS) is 15.7. The number of pyridine rings is 2. The minimum Gasteiger partial charge on any atom is -0.438 e. The van der Waals surface area contributed by atoms with Crippen LogP contribution in [0.25, 0.3) is 0 Å². The van der Waals surface area contributed by atoms with Crippen LogP contribution in [0.3, 0.4) is 0 Å². The number of nitrogen functional groups attached to an aromatic ring is 1. The largest absolute Gasteiger partial charge is 0.438 e. The van der Waals surface area contributed by atoms with Gasteiger partial charge in [0.15, 0.2) is 5.03 Å². The van der Waals surface area contributed by atoms with Gasteiger partial charge in [0.1, 0.15) is 22.9 Å². The van der Waals surface area contributed by atoms with Crippen molar-refractivity contribution in [3.63, 3.8) is 0 Å². The highest BCUT2D eigenvalue weighted by Crippen LogP contribution is 2.35. The molecule has 10 heteroatoms. The van der Waals surface area contributed by atoms with Crippen molar-refractivity contribution in [1.29, 1.82) is 0 Å². The van der Waals surface area contributed by atoms with Gasteiger partial charge in [-0.3, -0.25) is 4.79 Å². The number of carbonyl (C=O) groups is 1. The van der Waals surface area contributed by atoms with E-state index in [9.17, 15) is 13.2 Å². The topological polar surface area (TPSA) is 128 Å². The number of ether oxygens (including phenoxy) is 1. The molecule has 3 aromatic rings. The number of hydrogen-bond acceptors (Lipinski definition) is 8. The summed E-state index contributed by atoms with van der Waals surface area (Å²) in [4.78, 5) is 24.1. The minimum absolute atomic E-state index is 0.00922. The lowest BCUT2D eigenvalue weighted by atomic mass is 10.1. The van der Waals surface area contributed by atoms with Crippen molar-refractivity contribution in [1.82, 2.24) is 14.7 Å². The molecule has 190 valence electrons. The van der Waals surface area contributed by atoms with Crippen molar-refractivity contribution in [3.8, 4) is 11.6 Å². The lowest BCUT2D eigenvalue weighted by Crippen LogP contribution is -2.32. The summed E-state index contributed by atoms with van der Waals surface area (Å²) >= 11 is 0. The van der Waals surface area contributed by atoms with Gasteiger partial charge in [0.2, 0.25) is 5.88 Å². The third kappa shape index (κ3) is 5.13. The van der Waals surface area contributed by atoms with Crippen LogP contribution in [0.5, 0.6) is 11.6 Å². The van der Waals surface area contributed by atoms with E-state index in [1.165, 1.54) is 18.2 Å². The number of sulfonamides is 1. The fraction of sp³-hybridized carbons (Fsp3) is 0.346. The zero-order chi connectivity index (χ0) is 26.2. The maximum absolute atomic E-state index is 13.3. The summed E-state index contributed by atoms with van der Waals surface area (Å²) in [6, 6.07) is 10.1. The van der Waals surface area contributed by atoms with Crippen molar-refractivity contribution >= 4 is 27.6 Å². The second-order valence-corrected chi connectivity index (χ2v) is 11.0. The fourth-order valence-electron chi connectivity index (χ4n) is 4.60. The first kappa shape index (κ1) is 25.4. The predicted molar refractivity (Wildman–Crippen MR) is 139 cm³/mol. The molecule has 0 spiro atoms. The van der Waals surface area contributed by atoms with Crippen molar-refractivity contribution < 1.29 is 17.9 Å². The Kier molecular flexibility index (Phi) is 6.90. The number of hydrogen-bond donors (Lipinski definition) is 2. The van der Waals surface area contributed by atoms with Crippen LogP contribution < -0.4 is 20.1 Å². The fourth-order valence-corrected chi connectivity index (χ4v) is 5.54. The van der Waals surface area contributed by atoms with Gasteiger partial charge in [-0.2, -0.15) is 13.4 Å². The van der Waals surface area contributed by atoms with E-state index in [0.29, 0.717) is 17.6 Å². The van der Waals surface area contributed by atoms with Crippen LogP contribution in [0.4, 0.5) is 11.6 Å². The molecule has 1 aliphatic rings. The Morgan fingerprint density at radius 3 is 2.39 bits per heavy atom. The maximum Gasteiger partial charge on any atom is 0.281 e. The van der Waals surface area contributed by atoms with E-state index in [0.717, 1.165) is 41.6 Å². The van der Waals surface area contributed by atoms with Gasteiger partial charge in [0.05, 0.1) is 0 Å². The molecular weight excluding hydrogens is 478 g/mol. The minimum atomic E-state index is -4.27. The molecule has 1 atom stereocenters. The van der Waals surface area contributed by atoms with Crippen LogP contribution in [0, 0.1) is 27.7 Å². The Bertz CT molecular complexity index is 1420. The third-order valence-electron chi connectivity index (χ3n) is 6.27. The lowest BCUT2D eigenvalue weighted by Gasteiger charge is -2.26. The van der Waals surface area contributed by atoms with E-state index in [4.69, 9.17) is 15.5 Å². The highest BCUT2D eigenvalue weighted by atomic mass is 32.2. The smallest absolute Gasteiger partial charge is 0.281 e. The summed E-state index contributed by atoms with van der Waals surface area (Å²) in [5.41, 5.74) is 9.24. The van der Waals surface area contributed by atoms with Gasteiger partial charge >= 0.3 is 0 Å². The Labute approximate surface area is 211 Å². The molecule has 0 aliphatic carbocycles. The number of aryl methyl sites for hydroxylation is 4.